The van der Waals surface area contributed by atoms with E-state index in [4.69, 9.17) is 4.42 Å². The molecule has 1 unspecified atom stereocenters. The molecular formula is C18H25N2O2+. The number of fused-ring (bicyclic) bond motifs is 1. The van der Waals surface area contributed by atoms with Gasteiger partial charge in [0.25, 0.3) is 5.91 Å². The number of hydrogen-bond acceptors (Lipinski definition) is 2. The highest BCUT2D eigenvalue weighted by molar-refractivity contribution is 5.95. The Bertz CT molecular complexity index is 602. The van der Waals surface area contributed by atoms with Gasteiger partial charge in [-0.25, -0.2) is 0 Å². The fourth-order valence-corrected chi connectivity index (χ4v) is 3.32. The number of piperidine rings is 1. The lowest BCUT2D eigenvalue weighted by atomic mass is 10.0. The third-order valence-corrected chi connectivity index (χ3v) is 4.69. The van der Waals surface area contributed by atoms with Gasteiger partial charge in [-0.1, -0.05) is 18.2 Å². The lowest BCUT2D eigenvalue weighted by molar-refractivity contribution is -0.928. The van der Waals surface area contributed by atoms with Gasteiger partial charge < -0.3 is 14.6 Å². The number of quaternary nitrogens is 1. The monoisotopic (exact) mass is 301 g/mol. The Morgan fingerprint density at radius 3 is 3.05 bits per heavy atom. The molecule has 2 heterocycles. The molecule has 22 heavy (non-hydrogen) atoms. The first-order chi connectivity index (χ1) is 10.7. The number of para-hydroxylation sites is 1. The van der Waals surface area contributed by atoms with Crippen molar-refractivity contribution in [3.8, 4) is 0 Å². The second-order valence-electron chi connectivity index (χ2n) is 6.31. The minimum Gasteiger partial charge on any atom is -0.451 e. The van der Waals surface area contributed by atoms with Crippen molar-refractivity contribution in [3.63, 3.8) is 0 Å². The molecule has 2 N–H and O–H groups in total. The van der Waals surface area contributed by atoms with Gasteiger partial charge in [0.2, 0.25) is 0 Å². The molecule has 1 aromatic carbocycles. The van der Waals surface area contributed by atoms with Crippen molar-refractivity contribution in [2.75, 3.05) is 19.6 Å². The van der Waals surface area contributed by atoms with Crippen molar-refractivity contribution in [3.05, 3.63) is 36.1 Å². The molecule has 0 aliphatic carbocycles. The van der Waals surface area contributed by atoms with Crippen molar-refractivity contribution in [2.24, 2.45) is 0 Å². The predicted molar refractivity (Wildman–Crippen MR) is 87.2 cm³/mol. The summed E-state index contributed by atoms with van der Waals surface area (Å²) in [5, 5.41) is 3.94. The maximum Gasteiger partial charge on any atom is 0.287 e. The minimum atomic E-state index is -0.113. The Kier molecular flexibility index (Phi) is 4.78. The normalized spacial score (nSPS) is 21.9. The van der Waals surface area contributed by atoms with Crippen LogP contribution in [0.4, 0.5) is 0 Å². The summed E-state index contributed by atoms with van der Waals surface area (Å²) in [6, 6.07) is 10.3. The quantitative estimate of drug-likeness (QED) is 0.830. The van der Waals surface area contributed by atoms with Gasteiger partial charge in [0.1, 0.15) is 5.58 Å². The molecule has 1 aromatic heterocycles. The first-order valence-corrected chi connectivity index (χ1v) is 8.35. The Labute approximate surface area is 131 Å². The van der Waals surface area contributed by atoms with Gasteiger partial charge in [0, 0.05) is 18.4 Å². The number of carbonyl (C=O) groups is 1. The topological polar surface area (TPSA) is 46.7 Å². The van der Waals surface area contributed by atoms with Crippen molar-refractivity contribution < 1.29 is 14.1 Å². The van der Waals surface area contributed by atoms with Crippen LogP contribution in [0.2, 0.25) is 0 Å². The fraction of sp³-hybridized carbons (Fsp3) is 0.500. The summed E-state index contributed by atoms with van der Waals surface area (Å²) in [4.78, 5) is 13.8. The molecule has 1 amide bonds. The Morgan fingerprint density at radius 2 is 2.23 bits per heavy atom. The highest BCUT2D eigenvalue weighted by Crippen LogP contribution is 2.18. The number of amides is 1. The van der Waals surface area contributed by atoms with Gasteiger partial charge in [-0.05, 0) is 38.3 Å². The second-order valence-corrected chi connectivity index (χ2v) is 6.31. The van der Waals surface area contributed by atoms with Crippen LogP contribution in [0, 0.1) is 0 Å². The third-order valence-electron chi connectivity index (χ3n) is 4.69. The number of likely N-dealkylation sites (tertiary alicyclic amines) is 1. The smallest absolute Gasteiger partial charge is 0.287 e. The van der Waals surface area contributed by atoms with Crippen molar-refractivity contribution in [1.82, 2.24) is 5.32 Å². The summed E-state index contributed by atoms with van der Waals surface area (Å²) in [5.41, 5.74) is 0.763. The van der Waals surface area contributed by atoms with Crippen LogP contribution in [0.1, 0.15) is 43.2 Å². The predicted octanol–water partition coefficient (Wildman–Crippen LogP) is 2.01. The van der Waals surface area contributed by atoms with Gasteiger partial charge in [0.05, 0.1) is 19.1 Å². The van der Waals surface area contributed by atoms with Crippen LogP contribution < -0.4 is 10.2 Å². The average Bonchev–Trinajstić information content (AvgIpc) is 2.97. The molecule has 4 heteroatoms. The number of rotatable bonds is 5. The van der Waals surface area contributed by atoms with E-state index in [2.05, 4.69) is 12.2 Å². The van der Waals surface area contributed by atoms with E-state index in [0.29, 0.717) is 12.3 Å². The van der Waals surface area contributed by atoms with Crippen molar-refractivity contribution >= 4 is 16.9 Å². The van der Waals surface area contributed by atoms with E-state index in [1.165, 1.54) is 25.8 Å². The van der Waals surface area contributed by atoms with E-state index in [9.17, 15) is 4.79 Å². The summed E-state index contributed by atoms with van der Waals surface area (Å²) < 4.78 is 5.58. The lowest BCUT2D eigenvalue weighted by Gasteiger charge is -2.30. The molecule has 0 radical (unpaired) electrons. The van der Waals surface area contributed by atoms with Crippen molar-refractivity contribution in [1.29, 1.82) is 0 Å². The molecule has 2 atom stereocenters. The van der Waals surface area contributed by atoms with Crippen LogP contribution >= 0.6 is 0 Å². The second kappa shape index (κ2) is 6.97. The van der Waals surface area contributed by atoms with Gasteiger partial charge in [0.15, 0.2) is 5.76 Å². The van der Waals surface area contributed by atoms with E-state index < -0.39 is 0 Å². The zero-order valence-corrected chi connectivity index (χ0v) is 13.2. The number of furan rings is 1. The van der Waals surface area contributed by atoms with E-state index in [1.807, 2.05) is 30.3 Å². The van der Waals surface area contributed by atoms with Crippen LogP contribution in [0.15, 0.2) is 34.7 Å². The van der Waals surface area contributed by atoms with E-state index in [-0.39, 0.29) is 5.91 Å². The lowest BCUT2D eigenvalue weighted by Crippen LogP contribution is -3.16. The minimum absolute atomic E-state index is 0.113. The summed E-state index contributed by atoms with van der Waals surface area (Å²) >= 11 is 0. The maximum absolute atomic E-state index is 12.1. The molecule has 0 spiro atoms. The third kappa shape index (κ3) is 3.50. The standard InChI is InChI=1S/C18H24N2O2/c1-14-7-4-5-11-20(14)12-6-10-19-18(21)17-13-15-8-2-3-9-16(15)22-17/h2-3,8-9,13-14H,4-7,10-12H2,1H3,(H,19,21)/p+1/t14-/m1/s1. The summed E-state index contributed by atoms with van der Waals surface area (Å²) in [5.74, 6) is 0.290. The first-order valence-electron chi connectivity index (χ1n) is 8.35. The molecule has 1 fully saturated rings. The Morgan fingerprint density at radius 1 is 1.36 bits per heavy atom. The molecule has 1 saturated heterocycles. The highest BCUT2D eigenvalue weighted by atomic mass is 16.3. The zero-order valence-electron chi connectivity index (χ0n) is 13.2. The molecule has 1 aliphatic rings. The van der Waals surface area contributed by atoms with Gasteiger partial charge in [-0.2, -0.15) is 0 Å². The van der Waals surface area contributed by atoms with Gasteiger partial charge in [-0.3, -0.25) is 4.79 Å². The average molecular weight is 301 g/mol. The van der Waals surface area contributed by atoms with Gasteiger partial charge >= 0.3 is 0 Å². The molecule has 0 bridgehead atoms. The number of benzene rings is 1. The molecule has 3 rings (SSSR count). The van der Waals surface area contributed by atoms with Crippen LogP contribution in [-0.2, 0) is 0 Å². The summed E-state index contributed by atoms with van der Waals surface area (Å²) in [7, 11) is 0. The zero-order chi connectivity index (χ0) is 15.4. The summed E-state index contributed by atoms with van der Waals surface area (Å²) in [6.07, 6.45) is 5.06. The highest BCUT2D eigenvalue weighted by Gasteiger charge is 2.21. The van der Waals surface area contributed by atoms with Crippen molar-refractivity contribution in [2.45, 2.75) is 38.6 Å². The van der Waals surface area contributed by atoms with E-state index >= 15 is 0 Å². The Balaban J connectivity index is 1.46. The molecule has 4 nitrogen and oxygen atoms in total. The van der Waals surface area contributed by atoms with Crippen LogP contribution in [0.5, 0.6) is 0 Å². The number of nitrogens with one attached hydrogen (secondary N) is 2. The van der Waals surface area contributed by atoms with Gasteiger partial charge in [-0.15, -0.1) is 0 Å². The Hall–Kier alpha value is -1.81. The molecule has 2 aromatic rings. The largest absolute Gasteiger partial charge is 0.451 e. The van der Waals surface area contributed by atoms with Crippen LogP contribution in [-0.4, -0.2) is 31.6 Å². The molecule has 1 aliphatic heterocycles. The summed E-state index contributed by atoms with van der Waals surface area (Å²) in [6.45, 7) is 5.47. The van der Waals surface area contributed by atoms with Crippen LogP contribution in [0.25, 0.3) is 11.0 Å². The fourth-order valence-electron chi connectivity index (χ4n) is 3.32. The van der Waals surface area contributed by atoms with Crippen LogP contribution in [0.3, 0.4) is 0 Å². The molecule has 0 saturated carbocycles. The SMILES string of the molecule is C[C@@H]1CCCC[NH+]1CCCNC(=O)c1cc2ccccc2o1. The first kappa shape index (κ1) is 15.1. The maximum atomic E-state index is 12.1. The van der Waals surface area contributed by atoms with E-state index in [1.54, 1.807) is 4.90 Å². The molecular weight excluding hydrogens is 276 g/mol. The molecule has 118 valence electrons. The van der Waals surface area contributed by atoms with E-state index in [0.717, 1.165) is 30.0 Å². The number of hydrogen-bond donors (Lipinski definition) is 2. The number of carbonyl (C=O) groups excluding carboxylic acids is 1.